The topological polar surface area (TPSA) is 71.1 Å². The molecule has 5 nitrogen and oxygen atoms in total. The smallest absolute Gasteiger partial charge is 0.270 e. The van der Waals surface area contributed by atoms with Crippen molar-refractivity contribution in [1.29, 1.82) is 0 Å². The van der Waals surface area contributed by atoms with Gasteiger partial charge in [-0.25, -0.2) is 4.98 Å². The van der Waals surface area contributed by atoms with Gasteiger partial charge in [-0.05, 0) is 12.0 Å². The Morgan fingerprint density at radius 3 is 2.71 bits per heavy atom. The van der Waals surface area contributed by atoms with Crippen LogP contribution in [0.4, 0.5) is 5.13 Å². The van der Waals surface area contributed by atoms with E-state index >= 15 is 0 Å². The normalized spacial score (nSPS) is 10.1. The van der Waals surface area contributed by atoms with E-state index in [2.05, 4.69) is 15.6 Å². The Hall–Kier alpha value is -2.21. The van der Waals surface area contributed by atoms with E-state index in [-0.39, 0.29) is 18.2 Å². The van der Waals surface area contributed by atoms with Crippen molar-refractivity contribution in [2.75, 3.05) is 11.9 Å². The van der Waals surface area contributed by atoms with Gasteiger partial charge in [-0.15, -0.1) is 11.3 Å². The maximum atomic E-state index is 11.9. The summed E-state index contributed by atoms with van der Waals surface area (Å²) in [6.07, 6.45) is 1.16. The number of anilines is 1. The predicted octanol–water partition coefficient (Wildman–Crippen LogP) is 2.46. The Morgan fingerprint density at radius 2 is 2.00 bits per heavy atom. The van der Waals surface area contributed by atoms with Crippen molar-refractivity contribution in [3.05, 3.63) is 47.0 Å². The molecule has 0 aliphatic rings. The first-order valence-corrected chi connectivity index (χ1v) is 7.64. The molecule has 6 heteroatoms. The predicted molar refractivity (Wildman–Crippen MR) is 83.5 cm³/mol. The molecule has 2 aromatic rings. The van der Waals surface area contributed by atoms with Crippen LogP contribution in [0.1, 0.15) is 29.4 Å². The average molecular weight is 303 g/mol. The van der Waals surface area contributed by atoms with Gasteiger partial charge in [0.2, 0.25) is 5.91 Å². The molecule has 2 rings (SSSR count). The van der Waals surface area contributed by atoms with Crippen molar-refractivity contribution < 1.29 is 9.59 Å². The number of hydrogen-bond donors (Lipinski definition) is 2. The largest absolute Gasteiger partial charge is 0.351 e. The minimum Gasteiger partial charge on any atom is -0.351 e. The van der Waals surface area contributed by atoms with Crippen LogP contribution < -0.4 is 10.6 Å². The maximum Gasteiger partial charge on any atom is 0.270 e. The molecule has 0 spiro atoms. The lowest BCUT2D eigenvalue weighted by Crippen LogP contribution is -2.24. The third-order valence-electron chi connectivity index (χ3n) is 2.73. The Balaban J connectivity index is 1.90. The number of benzene rings is 1. The highest BCUT2D eigenvalue weighted by molar-refractivity contribution is 7.14. The summed E-state index contributed by atoms with van der Waals surface area (Å²) in [5.41, 5.74) is 1.27. The first-order valence-electron chi connectivity index (χ1n) is 6.76. The molecular weight excluding hydrogens is 286 g/mol. The summed E-state index contributed by atoms with van der Waals surface area (Å²) < 4.78 is 0. The Morgan fingerprint density at radius 1 is 1.24 bits per heavy atom. The van der Waals surface area contributed by atoms with Crippen LogP contribution in [-0.4, -0.2) is 23.3 Å². The third-order valence-corrected chi connectivity index (χ3v) is 3.48. The molecule has 0 aliphatic heterocycles. The zero-order chi connectivity index (χ0) is 15.1. The van der Waals surface area contributed by atoms with Crippen LogP contribution in [0.15, 0.2) is 35.7 Å². The monoisotopic (exact) mass is 303 g/mol. The van der Waals surface area contributed by atoms with Gasteiger partial charge in [0.25, 0.3) is 5.91 Å². The Labute approximate surface area is 127 Å². The van der Waals surface area contributed by atoms with Crippen LogP contribution in [0.25, 0.3) is 0 Å². The van der Waals surface area contributed by atoms with Crippen LogP contribution in [0.3, 0.4) is 0 Å². The van der Waals surface area contributed by atoms with Gasteiger partial charge in [-0.1, -0.05) is 37.3 Å². The lowest BCUT2D eigenvalue weighted by molar-refractivity contribution is -0.115. The number of rotatable bonds is 6. The summed E-state index contributed by atoms with van der Waals surface area (Å²) in [5, 5.41) is 7.54. The minimum absolute atomic E-state index is 0.143. The van der Waals surface area contributed by atoms with Crippen molar-refractivity contribution in [3.63, 3.8) is 0 Å². The molecule has 110 valence electrons. The van der Waals surface area contributed by atoms with Crippen molar-refractivity contribution >= 4 is 28.3 Å². The number of amides is 2. The van der Waals surface area contributed by atoms with Crippen LogP contribution in [-0.2, 0) is 11.2 Å². The van der Waals surface area contributed by atoms with Gasteiger partial charge in [-0.3, -0.25) is 9.59 Å². The van der Waals surface area contributed by atoms with Gasteiger partial charge in [0.1, 0.15) is 5.69 Å². The maximum absolute atomic E-state index is 11.9. The minimum atomic E-state index is -0.211. The third kappa shape index (κ3) is 4.68. The molecule has 1 aromatic carbocycles. The van der Waals surface area contributed by atoms with Gasteiger partial charge >= 0.3 is 0 Å². The second-order valence-corrected chi connectivity index (χ2v) is 5.36. The summed E-state index contributed by atoms with van der Waals surface area (Å²) in [4.78, 5) is 27.7. The lowest BCUT2D eigenvalue weighted by Gasteiger charge is -2.02. The van der Waals surface area contributed by atoms with Crippen molar-refractivity contribution in [2.24, 2.45) is 0 Å². The Kier molecular flexibility index (Phi) is 5.45. The van der Waals surface area contributed by atoms with E-state index in [1.807, 2.05) is 37.3 Å². The van der Waals surface area contributed by atoms with Crippen molar-refractivity contribution in [3.8, 4) is 0 Å². The molecule has 1 heterocycles. The molecule has 0 unspecified atom stereocenters. The molecule has 0 saturated carbocycles. The van der Waals surface area contributed by atoms with E-state index in [0.717, 1.165) is 12.0 Å². The summed E-state index contributed by atoms with van der Waals surface area (Å²) in [6, 6.07) is 9.48. The molecule has 0 saturated heterocycles. The number of hydrogen-bond acceptors (Lipinski definition) is 4. The molecule has 1 aromatic heterocycles. The van der Waals surface area contributed by atoms with Crippen molar-refractivity contribution in [1.82, 2.24) is 10.3 Å². The molecule has 0 aliphatic carbocycles. The molecular formula is C15H17N3O2S. The van der Waals surface area contributed by atoms with Crippen molar-refractivity contribution in [2.45, 2.75) is 19.8 Å². The van der Waals surface area contributed by atoms with E-state index < -0.39 is 0 Å². The van der Waals surface area contributed by atoms with E-state index in [4.69, 9.17) is 0 Å². The fraction of sp³-hybridized carbons (Fsp3) is 0.267. The molecule has 21 heavy (non-hydrogen) atoms. The van der Waals surface area contributed by atoms with Crippen LogP contribution in [0.5, 0.6) is 0 Å². The summed E-state index contributed by atoms with van der Waals surface area (Å²) in [5.74, 6) is -0.354. The van der Waals surface area contributed by atoms with Crippen LogP contribution in [0.2, 0.25) is 0 Å². The first-order chi connectivity index (χ1) is 10.2. The number of nitrogens with zero attached hydrogens (tertiary/aromatic N) is 1. The number of nitrogens with one attached hydrogen (secondary N) is 2. The quantitative estimate of drug-likeness (QED) is 0.861. The van der Waals surface area contributed by atoms with Gasteiger partial charge in [0.15, 0.2) is 5.13 Å². The number of aromatic nitrogens is 1. The second kappa shape index (κ2) is 7.54. The zero-order valence-electron chi connectivity index (χ0n) is 11.8. The molecule has 2 N–H and O–H groups in total. The van der Waals surface area contributed by atoms with Crippen LogP contribution in [0, 0.1) is 0 Å². The van der Waals surface area contributed by atoms with Crippen LogP contribution >= 0.6 is 11.3 Å². The number of carbonyl (C=O) groups is 2. The summed E-state index contributed by atoms with van der Waals surface area (Å²) in [7, 11) is 0. The van der Waals surface area contributed by atoms with E-state index in [0.29, 0.717) is 17.4 Å². The highest BCUT2D eigenvalue weighted by atomic mass is 32.1. The molecule has 0 radical (unpaired) electrons. The molecule has 0 bridgehead atoms. The molecule has 2 amide bonds. The van der Waals surface area contributed by atoms with Gasteiger partial charge < -0.3 is 10.6 Å². The second-order valence-electron chi connectivity index (χ2n) is 4.50. The van der Waals surface area contributed by atoms with E-state index in [1.165, 1.54) is 11.3 Å². The molecule has 0 fully saturated rings. The highest BCUT2D eigenvalue weighted by Crippen LogP contribution is 2.15. The van der Waals surface area contributed by atoms with Gasteiger partial charge in [0.05, 0.1) is 6.42 Å². The average Bonchev–Trinajstić information content (AvgIpc) is 2.94. The molecule has 0 atom stereocenters. The summed E-state index contributed by atoms with van der Waals surface area (Å²) in [6.45, 7) is 2.60. The lowest BCUT2D eigenvalue weighted by atomic mass is 10.1. The van der Waals surface area contributed by atoms with E-state index in [9.17, 15) is 9.59 Å². The zero-order valence-corrected chi connectivity index (χ0v) is 12.6. The fourth-order valence-electron chi connectivity index (χ4n) is 1.71. The first kappa shape index (κ1) is 15.2. The Bertz CT molecular complexity index is 610. The standard InChI is InChI=1S/C15H17N3O2S/c1-2-8-16-14(20)12-10-21-15(17-12)18-13(19)9-11-6-4-3-5-7-11/h3-7,10H,2,8-9H2,1H3,(H,16,20)(H,17,18,19). The van der Waals surface area contributed by atoms with Gasteiger partial charge in [0, 0.05) is 11.9 Å². The number of carbonyl (C=O) groups excluding carboxylic acids is 2. The number of thiazole rings is 1. The van der Waals surface area contributed by atoms with Gasteiger partial charge in [-0.2, -0.15) is 0 Å². The summed E-state index contributed by atoms with van der Waals surface area (Å²) >= 11 is 1.25. The fourth-order valence-corrected chi connectivity index (χ4v) is 2.42. The SMILES string of the molecule is CCCNC(=O)c1csc(NC(=O)Cc2ccccc2)n1. The highest BCUT2D eigenvalue weighted by Gasteiger charge is 2.12. The van der Waals surface area contributed by atoms with E-state index in [1.54, 1.807) is 5.38 Å².